The first-order valence-electron chi connectivity index (χ1n) is 7.62. The Morgan fingerprint density at radius 3 is 1.35 bits per heavy atom. The summed E-state index contributed by atoms with van der Waals surface area (Å²) in [5, 5.41) is 0. The maximum atomic E-state index is 12.6. The van der Waals surface area contributed by atoms with E-state index in [-0.39, 0.29) is 21.7 Å². The van der Waals surface area contributed by atoms with Crippen LogP contribution in [0.4, 0.5) is 0 Å². The van der Waals surface area contributed by atoms with E-state index in [4.69, 9.17) is 0 Å². The Morgan fingerprint density at radius 1 is 0.700 bits per heavy atom. The Morgan fingerprint density at radius 2 is 1.05 bits per heavy atom. The molecule has 0 heterocycles. The van der Waals surface area contributed by atoms with Gasteiger partial charge < -0.3 is 0 Å². The molecule has 0 aliphatic rings. The van der Waals surface area contributed by atoms with Gasteiger partial charge in [-0.1, -0.05) is 0 Å². The fourth-order valence-electron chi connectivity index (χ4n) is 2.88. The second kappa shape index (κ2) is 6.05. The van der Waals surface area contributed by atoms with Crippen molar-refractivity contribution in [1.82, 2.24) is 0 Å². The van der Waals surface area contributed by atoms with Gasteiger partial charge in [-0.15, -0.1) is 0 Å². The first kappa shape index (κ1) is 20.1. The molecule has 0 aromatic heterocycles. The van der Waals surface area contributed by atoms with Crippen LogP contribution in [0.5, 0.6) is 0 Å². The van der Waals surface area contributed by atoms with Gasteiger partial charge in [-0.3, -0.25) is 0 Å². The number of hydrogen-bond acceptors (Lipinski definition) is 1. The van der Waals surface area contributed by atoms with Crippen LogP contribution < -0.4 is 0 Å². The van der Waals surface area contributed by atoms with E-state index >= 15 is 0 Å². The van der Waals surface area contributed by atoms with Crippen LogP contribution in [0.1, 0.15) is 82.1 Å². The second-order valence-electron chi connectivity index (χ2n) is 9.43. The Balaban J connectivity index is 4.94. The standard InChI is InChI=1S/C18H34OSe/c1-15(2,3)13(19)17(7,8)11-12-18(9,10)14(20)16(4,5)6/h11-12H2,1-10H3. The number of carbonyl (C=O) groups excluding carboxylic acids is 1. The Labute approximate surface area is 134 Å². The van der Waals surface area contributed by atoms with Crippen LogP contribution >= 0.6 is 0 Å². The van der Waals surface area contributed by atoms with E-state index in [1.807, 2.05) is 20.8 Å². The van der Waals surface area contributed by atoms with Crippen LogP contribution in [0.2, 0.25) is 0 Å². The summed E-state index contributed by atoms with van der Waals surface area (Å²) in [7, 11) is 0. The fraction of sp³-hybridized carbons (Fsp3) is 0.889. The van der Waals surface area contributed by atoms with Gasteiger partial charge in [0.05, 0.1) is 0 Å². The van der Waals surface area contributed by atoms with Gasteiger partial charge in [0.25, 0.3) is 0 Å². The minimum atomic E-state index is -0.261. The Hall–Kier alpha value is 0.0595. The van der Waals surface area contributed by atoms with Crippen molar-refractivity contribution in [2.45, 2.75) is 82.1 Å². The molecule has 0 saturated carbocycles. The predicted octanol–water partition coefficient (Wildman–Crippen LogP) is 4.82. The summed E-state index contributed by atoms with van der Waals surface area (Å²) in [4.78, 5) is 12.6. The molecular formula is C18H34OSe. The summed E-state index contributed by atoms with van der Waals surface area (Å²) in [5.41, 5.74) is -0.231. The van der Waals surface area contributed by atoms with Gasteiger partial charge in [0.1, 0.15) is 0 Å². The van der Waals surface area contributed by atoms with E-state index < -0.39 is 0 Å². The molecule has 0 unspecified atom stereocenters. The SMILES string of the molecule is CC(C)(C)C(=O)C(C)(C)CCC(C)(C)C(=[Se])C(C)(C)C. The van der Waals surface area contributed by atoms with Crippen molar-refractivity contribution in [1.29, 1.82) is 0 Å². The molecule has 0 saturated heterocycles. The molecule has 0 aliphatic heterocycles. The summed E-state index contributed by atoms with van der Waals surface area (Å²) < 4.78 is 1.39. The molecule has 118 valence electrons. The van der Waals surface area contributed by atoms with Crippen molar-refractivity contribution in [3.05, 3.63) is 0 Å². The molecule has 0 aliphatic carbocycles. The zero-order valence-electron chi connectivity index (χ0n) is 15.2. The number of ketones is 1. The summed E-state index contributed by atoms with van der Waals surface area (Å²) in [5.74, 6) is 0.359. The Kier molecular flexibility index (Phi) is 6.07. The third-order valence-corrected chi connectivity index (χ3v) is 6.41. The van der Waals surface area contributed by atoms with Gasteiger partial charge in [0, 0.05) is 0 Å². The summed E-state index contributed by atoms with van der Waals surface area (Å²) in [6.07, 6.45) is 1.96. The number of carbonyl (C=O) groups is 1. The number of Topliss-reactive ketones (excluding diaryl/α,β-unsaturated/α-hetero) is 1. The van der Waals surface area contributed by atoms with Gasteiger partial charge in [-0.05, 0) is 0 Å². The van der Waals surface area contributed by atoms with Gasteiger partial charge in [-0.25, -0.2) is 0 Å². The van der Waals surface area contributed by atoms with Crippen LogP contribution in [0, 0.1) is 21.7 Å². The molecule has 0 radical (unpaired) electrons. The molecule has 0 fully saturated rings. The quantitative estimate of drug-likeness (QED) is 0.653. The number of rotatable bonds is 5. The third kappa shape index (κ3) is 5.45. The summed E-state index contributed by atoms with van der Waals surface area (Å²) in [6.45, 7) is 21.5. The molecule has 0 spiro atoms. The monoisotopic (exact) mass is 346 g/mol. The van der Waals surface area contributed by atoms with Crippen LogP contribution in [-0.2, 0) is 4.79 Å². The van der Waals surface area contributed by atoms with Crippen molar-refractivity contribution in [3.8, 4) is 0 Å². The molecular weight excluding hydrogens is 311 g/mol. The molecule has 2 heteroatoms. The van der Waals surface area contributed by atoms with E-state index in [2.05, 4.69) is 64.0 Å². The Bertz CT molecular complexity index is 337. The van der Waals surface area contributed by atoms with Gasteiger partial charge in [0.15, 0.2) is 0 Å². The van der Waals surface area contributed by atoms with Gasteiger partial charge in [0.2, 0.25) is 0 Å². The fourth-order valence-corrected chi connectivity index (χ4v) is 3.10. The maximum absolute atomic E-state index is 12.6. The van der Waals surface area contributed by atoms with E-state index in [1.54, 1.807) is 0 Å². The normalized spacial score (nSPS) is 14.3. The van der Waals surface area contributed by atoms with Gasteiger partial charge in [-0.2, -0.15) is 0 Å². The molecule has 0 aromatic carbocycles. The van der Waals surface area contributed by atoms with Gasteiger partial charge >= 0.3 is 134 Å². The summed E-state index contributed by atoms with van der Waals surface area (Å²) in [6, 6.07) is 0. The van der Waals surface area contributed by atoms with E-state index in [0.29, 0.717) is 5.78 Å². The molecule has 0 rings (SSSR count). The zero-order chi connectivity index (χ0) is 16.6. The third-order valence-electron chi connectivity index (χ3n) is 3.97. The van der Waals surface area contributed by atoms with Crippen LogP contribution in [-0.4, -0.2) is 25.8 Å². The molecule has 0 N–H and O–H groups in total. The predicted molar refractivity (Wildman–Crippen MR) is 91.5 cm³/mol. The van der Waals surface area contributed by atoms with Crippen LogP contribution in [0.3, 0.4) is 0 Å². The van der Waals surface area contributed by atoms with E-state index in [9.17, 15) is 4.79 Å². The van der Waals surface area contributed by atoms with Crippen molar-refractivity contribution >= 4 is 25.8 Å². The summed E-state index contributed by atoms with van der Waals surface area (Å²) >= 11 is 3.28. The minimum absolute atomic E-state index is 0.119. The molecule has 0 bridgehead atoms. The molecule has 20 heavy (non-hydrogen) atoms. The van der Waals surface area contributed by atoms with E-state index in [0.717, 1.165) is 12.8 Å². The topological polar surface area (TPSA) is 17.1 Å². The van der Waals surface area contributed by atoms with Crippen molar-refractivity contribution in [3.63, 3.8) is 0 Å². The first-order chi connectivity index (χ1) is 8.52. The molecule has 1 nitrogen and oxygen atoms in total. The molecule has 0 amide bonds. The van der Waals surface area contributed by atoms with Crippen molar-refractivity contribution < 1.29 is 4.79 Å². The first-order valence-corrected chi connectivity index (χ1v) is 8.47. The average molecular weight is 345 g/mol. The van der Waals surface area contributed by atoms with Crippen LogP contribution in [0.15, 0.2) is 0 Å². The van der Waals surface area contributed by atoms with Crippen molar-refractivity contribution in [2.24, 2.45) is 21.7 Å². The zero-order valence-corrected chi connectivity index (χ0v) is 16.9. The molecule has 0 atom stereocenters. The van der Waals surface area contributed by atoms with Crippen molar-refractivity contribution in [2.75, 3.05) is 0 Å². The number of hydrogen-bond donors (Lipinski definition) is 0. The van der Waals surface area contributed by atoms with Crippen LogP contribution in [0.25, 0.3) is 0 Å². The molecule has 0 aromatic rings. The average Bonchev–Trinajstić information content (AvgIpc) is 2.22. The van der Waals surface area contributed by atoms with E-state index in [1.165, 1.54) is 4.42 Å². The second-order valence-corrected chi connectivity index (χ2v) is 10.3.